The van der Waals surface area contributed by atoms with E-state index in [4.69, 9.17) is 27.9 Å². The maximum atomic E-state index is 11.2. The second-order valence-electron chi connectivity index (χ2n) is 3.66. The Bertz CT molecular complexity index is 219. The first-order valence-electron chi connectivity index (χ1n) is 4.15. The molecule has 1 aliphatic carbocycles. The number of halogens is 2. The number of ether oxygens (including phenoxy) is 1. The normalized spacial score (nSPS) is 31.0. The van der Waals surface area contributed by atoms with E-state index < -0.39 is 10.3 Å². The first-order valence-corrected chi connectivity index (χ1v) is 4.91. The van der Waals surface area contributed by atoms with Crippen LogP contribution in [-0.4, -0.2) is 15.9 Å². The Morgan fingerprint density at radius 3 is 2.25 bits per heavy atom. The molecular formula is C8H10Cl2O2. The zero-order chi connectivity index (χ0) is 8.82. The second-order valence-corrected chi connectivity index (χ2v) is 5.14. The van der Waals surface area contributed by atoms with Crippen molar-refractivity contribution in [3.63, 3.8) is 0 Å². The summed E-state index contributed by atoms with van der Waals surface area (Å²) >= 11 is 11.6. The van der Waals surface area contributed by atoms with Crippen LogP contribution in [0.4, 0.5) is 0 Å². The van der Waals surface area contributed by atoms with Crippen LogP contribution >= 0.6 is 23.2 Å². The Balaban J connectivity index is 2.19. The van der Waals surface area contributed by atoms with Gasteiger partial charge in [-0.25, -0.2) is 4.79 Å². The van der Waals surface area contributed by atoms with Crippen LogP contribution in [0.3, 0.4) is 0 Å². The number of rotatable bonds is 0. The van der Waals surface area contributed by atoms with E-state index in [1.807, 2.05) is 0 Å². The van der Waals surface area contributed by atoms with Crippen molar-refractivity contribution in [2.45, 2.75) is 42.0 Å². The van der Waals surface area contributed by atoms with Gasteiger partial charge in [-0.15, -0.1) is 0 Å². The third-order valence-electron chi connectivity index (χ3n) is 2.67. The van der Waals surface area contributed by atoms with E-state index in [0.717, 1.165) is 25.7 Å². The van der Waals surface area contributed by atoms with Crippen LogP contribution < -0.4 is 0 Å². The summed E-state index contributed by atoms with van der Waals surface area (Å²) in [5, 5.41) is 0. The van der Waals surface area contributed by atoms with E-state index in [0.29, 0.717) is 6.42 Å². The Hall–Kier alpha value is 0.0500. The van der Waals surface area contributed by atoms with E-state index in [1.54, 1.807) is 0 Å². The predicted octanol–water partition coefficient (Wildman–Crippen LogP) is 2.42. The van der Waals surface area contributed by atoms with Gasteiger partial charge in [0.05, 0.1) is 0 Å². The average molecular weight is 209 g/mol. The summed E-state index contributed by atoms with van der Waals surface area (Å²) in [6.45, 7) is 0. The topological polar surface area (TPSA) is 26.3 Å². The molecule has 1 saturated heterocycles. The van der Waals surface area contributed by atoms with Crippen LogP contribution in [0.1, 0.15) is 32.1 Å². The molecule has 12 heavy (non-hydrogen) atoms. The minimum atomic E-state index is -1.29. The summed E-state index contributed by atoms with van der Waals surface area (Å²) in [7, 11) is 0. The number of alkyl halides is 2. The smallest absolute Gasteiger partial charge is 0.343 e. The van der Waals surface area contributed by atoms with Gasteiger partial charge in [0.2, 0.25) is 4.33 Å². The fourth-order valence-corrected chi connectivity index (χ4v) is 2.65. The highest BCUT2D eigenvalue weighted by Crippen LogP contribution is 2.49. The molecule has 0 N–H and O–H groups in total. The third-order valence-corrected chi connectivity index (χ3v) is 3.24. The van der Waals surface area contributed by atoms with E-state index in [1.165, 1.54) is 0 Å². The van der Waals surface area contributed by atoms with Crippen molar-refractivity contribution < 1.29 is 9.53 Å². The zero-order valence-corrected chi connectivity index (χ0v) is 8.12. The summed E-state index contributed by atoms with van der Waals surface area (Å²) in [6, 6.07) is 0. The molecule has 1 saturated carbocycles. The number of carbonyl (C=O) groups is 1. The van der Waals surface area contributed by atoms with Crippen LogP contribution in [0, 0.1) is 0 Å². The molecule has 0 aromatic rings. The minimum Gasteiger partial charge on any atom is -0.457 e. The fraction of sp³-hybridized carbons (Fsp3) is 0.875. The summed E-state index contributed by atoms with van der Waals surface area (Å²) in [6.07, 6.45) is 4.51. The highest BCUT2D eigenvalue weighted by molar-refractivity contribution is 6.58. The van der Waals surface area contributed by atoms with Gasteiger partial charge in [0.15, 0.2) is 0 Å². The van der Waals surface area contributed by atoms with Crippen LogP contribution in [0.5, 0.6) is 0 Å². The first kappa shape index (κ1) is 8.64. The lowest BCUT2D eigenvalue weighted by molar-refractivity contribution is -0.148. The molecule has 2 nitrogen and oxygen atoms in total. The molecule has 0 bridgehead atoms. The van der Waals surface area contributed by atoms with E-state index in [-0.39, 0.29) is 5.60 Å². The molecule has 2 fully saturated rings. The van der Waals surface area contributed by atoms with Crippen molar-refractivity contribution >= 4 is 29.2 Å². The van der Waals surface area contributed by atoms with Gasteiger partial charge in [-0.05, 0) is 25.7 Å². The molecule has 0 unspecified atom stereocenters. The van der Waals surface area contributed by atoms with E-state index >= 15 is 0 Å². The maximum Gasteiger partial charge on any atom is 0.343 e. The number of hydrogen-bond acceptors (Lipinski definition) is 2. The Kier molecular flexibility index (Phi) is 1.81. The van der Waals surface area contributed by atoms with Gasteiger partial charge in [0.25, 0.3) is 0 Å². The molecular weight excluding hydrogens is 199 g/mol. The van der Waals surface area contributed by atoms with Crippen LogP contribution in [-0.2, 0) is 9.53 Å². The zero-order valence-electron chi connectivity index (χ0n) is 6.61. The van der Waals surface area contributed by atoms with Gasteiger partial charge in [-0.3, -0.25) is 0 Å². The van der Waals surface area contributed by atoms with Crippen molar-refractivity contribution in [2.24, 2.45) is 0 Å². The molecule has 0 amide bonds. The van der Waals surface area contributed by atoms with Gasteiger partial charge in [0, 0.05) is 6.42 Å². The summed E-state index contributed by atoms with van der Waals surface area (Å²) < 4.78 is 3.93. The predicted molar refractivity (Wildman–Crippen MR) is 46.3 cm³/mol. The Morgan fingerprint density at radius 2 is 1.83 bits per heavy atom. The lowest BCUT2D eigenvalue weighted by Gasteiger charge is -2.20. The summed E-state index contributed by atoms with van der Waals surface area (Å²) in [4.78, 5) is 11.2. The molecule has 2 aliphatic rings. The first-order chi connectivity index (χ1) is 5.54. The number of carbonyl (C=O) groups excluding carboxylic acids is 1. The highest BCUT2D eigenvalue weighted by Gasteiger charge is 2.55. The minimum absolute atomic E-state index is 0.319. The molecule has 0 aromatic heterocycles. The third kappa shape index (κ3) is 1.21. The van der Waals surface area contributed by atoms with Gasteiger partial charge in [0.1, 0.15) is 5.60 Å². The molecule has 1 aliphatic heterocycles. The monoisotopic (exact) mass is 208 g/mol. The Labute approximate surface area is 81.2 Å². The van der Waals surface area contributed by atoms with Crippen LogP contribution in [0.25, 0.3) is 0 Å². The lowest BCUT2D eigenvalue weighted by atomic mass is 9.98. The van der Waals surface area contributed by atoms with Gasteiger partial charge >= 0.3 is 5.97 Å². The van der Waals surface area contributed by atoms with Crippen molar-refractivity contribution in [3.8, 4) is 0 Å². The Morgan fingerprint density at radius 1 is 1.25 bits per heavy atom. The molecule has 2 rings (SSSR count). The molecule has 1 heterocycles. The highest BCUT2D eigenvalue weighted by atomic mass is 35.5. The molecule has 0 radical (unpaired) electrons. The van der Waals surface area contributed by atoms with Gasteiger partial charge < -0.3 is 4.74 Å². The van der Waals surface area contributed by atoms with Crippen LogP contribution in [0.2, 0.25) is 0 Å². The van der Waals surface area contributed by atoms with Crippen molar-refractivity contribution in [2.75, 3.05) is 0 Å². The van der Waals surface area contributed by atoms with Crippen molar-refractivity contribution in [1.82, 2.24) is 0 Å². The second kappa shape index (κ2) is 2.52. The molecule has 68 valence electrons. The van der Waals surface area contributed by atoms with E-state index in [9.17, 15) is 4.79 Å². The van der Waals surface area contributed by atoms with Crippen molar-refractivity contribution in [3.05, 3.63) is 0 Å². The number of hydrogen-bond donors (Lipinski definition) is 0. The standard InChI is InChI=1S/C8H10Cl2O2/c9-8(10)5-7(12-6(8)11)3-1-2-4-7/h1-5H2. The molecule has 4 heteroatoms. The fourth-order valence-electron chi connectivity index (χ4n) is 2.08. The summed E-state index contributed by atoms with van der Waals surface area (Å²) in [5.41, 5.74) is -0.319. The SMILES string of the molecule is O=C1OC2(CCCC2)CC1(Cl)Cl. The quantitative estimate of drug-likeness (QED) is 0.452. The molecule has 0 atom stereocenters. The lowest BCUT2D eigenvalue weighted by Crippen LogP contribution is -2.24. The maximum absolute atomic E-state index is 11.2. The van der Waals surface area contributed by atoms with Crippen molar-refractivity contribution in [1.29, 1.82) is 0 Å². The number of esters is 1. The average Bonchev–Trinajstić information content (AvgIpc) is 2.42. The van der Waals surface area contributed by atoms with E-state index in [2.05, 4.69) is 0 Å². The summed E-state index contributed by atoms with van der Waals surface area (Å²) in [5.74, 6) is -0.465. The van der Waals surface area contributed by atoms with Gasteiger partial charge in [-0.2, -0.15) is 0 Å². The van der Waals surface area contributed by atoms with Crippen LogP contribution in [0.15, 0.2) is 0 Å². The van der Waals surface area contributed by atoms with Gasteiger partial charge in [-0.1, -0.05) is 23.2 Å². The molecule has 0 aromatic carbocycles. The molecule has 1 spiro atoms. The largest absolute Gasteiger partial charge is 0.457 e.